The van der Waals surface area contributed by atoms with Crippen LogP contribution < -0.4 is 20.1 Å². The Hall–Kier alpha value is -2.82. The molecule has 0 amide bonds. The normalized spacial score (nSPS) is 15.1. The number of aliphatic imine (C=N–C) groups is 1. The number of aromatic nitrogens is 2. The highest BCUT2D eigenvalue weighted by atomic mass is 127. The molecule has 0 fully saturated rings. The molecule has 1 aliphatic rings. The molecule has 2 aromatic carbocycles. The van der Waals surface area contributed by atoms with Crippen molar-refractivity contribution in [2.75, 3.05) is 20.2 Å². The summed E-state index contributed by atoms with van der Waals surface area (Å²) in [6, 6.07) is 15.7. The smallest absolute Gasteiger partial charge is 0.257 e. The fraction of sp³-hybridized carbons (Fsp3) is 0.348. The molecule has 0 saturated heterocycles. The SMILES string of the molecule is CCCc1noc(-c2cccc(CNC(=NC)NCC3COc4ccccc4O3)c2)n1.I. The second-order valence-electron chi connectivity index (χ2n) is 7.27. The van der Waals surface area contributed by atoms with Gasteiger partial charge in [0.15, 0.2) is 23.3 Å². The summed E-state index contributed by atoms with van der Waals surface area (Å²) in [6.07, 6.45) is 1.71. The van der Waals surface area contributed by atoms with Gasteiger partial charge >= 0.3 is 0 Å². The van der Waals surface area contributed by atoms with Crippen LogP contribution in [0.15, 0.2) is 58.0 Å². The molecule has 3 aromatic rings. The molecule has 9 heteroatoms. The molecule has 2 N–H and O–H groups in total. The molecule has 1 unspecified atom stereocenters. The number of ether oxygens (including phenoxy) is 2. The molecule has 0 aliphatic carbocycles. The highest BCUT2D eigenvalue weighted by Crippen LogP contribution is 2.30. The van der Waals surface area contributed by atoms with Crippen LogP contribution in [-0.4, -0.2) is 42.4 Å². The van der Waals surface area contributed by atoms with Crippen molar-refractivity contribution in [1.29, 1.82) is 0 Å². The van der Waals surface area contributed by atoms with Gasteiger partial charge < -0.3 is 24.6 Å². The van der Waals surface area contributed by atoms with Crippen molar-refractivity contribution in [3.05, 3.63) is 59.9 Å². The molecule has 170 valence electrons. The molecule has 32 heavy (non-hydrogen) atoms. The largest absolute Gasteiger partial charge is 0.486 e. The first-order valence-electron chi connectivity index (χ1n) is 10.5. The Balaban J connectivity index is 0.00000289. The van der Waals surface area contributed by atoms with E-state index in [1.807, 2.05) is 48.5 Å². The summed E-state index contributed by atoms with van der Waals surface area (Å²) in [7, 11) is 1.74. The molecule has 1 aromatic heterocycles. The average molecular weight is 549 g/mol. The Labute approximate surface area is 204 Å². The molecular weight excluding hydrogens is 521 g/mol. The van der Waals surface area contributed by atoms with E-state index >= 15 is 0 Å². The lowest BCUT2D eigenvalue weighted by Gasteiger charge is -2.27. The van der Waals surface area contributed by atoms with Crippen molar-refractivity contribution >= 4 is 29.9 Å². The maximum atomic E-state index is 5.98. The molecule has 0 radical (unpaired) electrons. The highest BCUT2D eigenvalue weighted by molar-refractivity contribution is 14.0. The van der Waals surface area contributed by atoms with E-state index in [4.69, 9.17) is 14.0 Å². The van der Waals surface area contributed by atoms with Crippen molar-refractivity contribution in [1.82, 2.24) is 20.8 Å². The minimum atomic E-state index is -0.0911. The summed E-state index contributed by atoms with van der Waals surface area (Å²) < 4.78 is 17.1. The monoisotopic (exact) mass is 549 g/mol. The Morgan fingerprint density at radius 3 is 2.78 bits per heavy atom. The molecule has 2 heterocycles. The number of nitrogens with one attached hydrogen (secondary N) is 2. The van der Waals surface area contributed by atoms with E-state index in [9.17, 15) is 0 Å². The molecule has 4 rings (SSSR count). The summed E-state index contributed by atoms with van der Waals surface area (Å²) in [4.78, 5) is 8.75. The summed E-state index contributed by atoms with van der Waals surface area (Å²) in [5.74, 6) is 3.52. The van der Waals surface area contributed by atoms with Crippen molar-refractivity contribution in [3.63, 3.8) is 0 Å². The topological polar surface area (TPSA) is 93.8 Å². The summed E-state index contributed by atoms with van der Waals surface area (Å²) in [5.41, 5.74) is 1.99. The number of hydrogen-bond acceptors (Lipinski definition) is 6. The van der Waals surface area contributed by atoms with Crippen LogP contribution in [0.4, 0.5) is 0 Å². The maximum Gasteiger partial charge on any atom is 0.257 e. The number of hydrogen-bond donors (Lipinski definition) is 2. The van der Waals surface area contributed by atoms with Crippen LogP contribution in [0.3, 0.4) is 0 Å². The minimum Gasteiger partial charge on any atom is -0.486 e. The zero-order valence-corrected chi connectivity index (χ0v) is 20.5. The highest BCUT2D eigenvalue weighted by Gasteiger charge is 2.20. The van der Waals surface area contributed by atoms with Gasteiger partial charge in [0.25, 0.3) is 5.89 Å². The molecule has 1 aliphatic heterocycles. The van der Waals surface area contributed by atoms with Gasteiger partial charge in [0.1, 0.15) is 12.7 Å². The molecular formula is C23H28IN5O3. The first-order valence-corrected chi connectivity index (χ1v) is 10.5. The van der Waals surface area contributed by atoms with Crippen LogP contribution in [0.1, 0.15) is 24.7 Å². The van der Waals surface area contributed by atoms with Gasteiger partial charge in [0, 0.05) is 25.6 Å². The average Bonchev–Trinajstić information content (AvgIpc) is 3.28. The Morgan fingerprint density at radius 2 is 1.97 bits per heavy atom. The van der Waals surface area contributed by atoms with E-state index in [0.29, 0.717) is 31.5 Å². The molecule has 8 nitrogen and oxygen atoms in total. The third kappa shape index (κ3) is 6.12. The van der Waals surface area contributed by atoms with Gasteiger partial charge in [0.05, 0.1) is 6.54 Å². The van der Waals surface area contributed by atoms with Crippen molar-refractivity contribution in [2.24, 2.45) is 4.99 Å². The number of halogens is 1. The summed E-state index contributed by atoms with van der Waals surface area (Å²) in [5, 5.41) is 10.7. The third-order valence-corrected chi connectivity index (χ3v) is 4.86. The maximum absolute atomic E-state index is 5.98. The Morgan fingerprint density at radius 1 is 1.12 bits per heavy atom. The van der Waals surface area contributed by atoms with E-state index in [2.05, 4.69) is 32.7 Å². The van der Waals surface area contributed by atoms with Crippen LogP contribution in [0.2, 0.25) is 0 Å². The van der Waals surface area contributed by atoms with E-state index in [1.165, 1.54) is 0 Å². The second-order valence-corrected chi connectivity index (χ2v) is 7.27. The number of nitrogens with zero attached hydrogens (tertiary/aromatic N) is 3. The van der Waals surface area contributed by atoms with Crippen LogP contribution in [0.25, 0.3) is 11.5 Å². The van der Waals surface area contributed by atoms with Gasteiger partial charge in [-0.2, -0.15) is 4.98 Å². The molecule has 0 bridgehead atoms. The van der Waals surface area contributed by atoms with Gasteiger partial charge in [-0.3, -0.25) is 4.99 Å². The van der Waals surface area contributed by atoms with E-state index in [0.717, 1.165) is 41.3 Å². The fourth-order valence-corrected chi connectivity index (χ4v) is 3.29. The predicted octanol–water partition coefficient (Wildman–Crippen LogP) is 3.81. The van der Waals surface area contributed by atoms with Crippen LogP contribution in [0.5, 0.6) is 11.5 Å². The van der Waals surface area contributed by atoms with Crippen molar-refractivity contribution in [3.8, 4) is 23.0 Å². The quantitative estimate of drug-likeness (QED) is 0.263. The van der Waals surface area contributed by atoms with Gasteiger partial charge in [0.2, 0.25) is 0 Å². The standard InChI is InChI=1S/C23H27N5O3.HI/c1-3-7-21-27-22(31-28-21)17-9-6-8-16(12-17)13-25-23(24-2)26-14-18-15-29-19-10-4-5-11-20(19)30-18;/h4-6,8-12,18H,3,7,13-15H2,1-2H3,(H2,24,25,26);1H. The first-order chi connectivity index (χ1) is 15.2. The van der Waals surface area contributed by atoms with Crippen LogP contribution in [-0.2, 0) is 13.0 Å². The van der Waals surface area contributed by atoms with Gasteiger partial charge in [-0.1, -0.05) is 36.3 Å². The van der Waals surface area contributed by atoms with Gasteiger partial charge in [-0.15, -0.1) is 24.0 Å². The zero-order chi connectivity index (χ0) is 21.5. The summed E-state index contributed by atoms with van der Waals surface area (Å²) in [6.45, 7) is 3.77. The van der Waals surface area contributed by atoms with Crippen LogP contribution in [0, 0.1) is 0 Å². The summed E-state index contributed by atoms with van der Waals surface area (Å²) >= 11 is 0. The van der Waals surface area contributed by atoms with E-state index in [1.54, 1.807) is 7.05 Å². The van der Waals surface area contributed by atoms with Crippen molar-refractivity contribution < 1.29 is 14.0 Å². The lowest BCUT2D eigenvalue weighted by Crippen LogP contribution is -2.45. The van der Waals surface area contributed by atoms with Gasteiger partial charge in [-0.25, -0.2) is 0 Å². The third-order valence-electron chi connectivity index (χ3n) is 4.86. The lowest BCUT2D eigenvalue weighted by atomic mass is 10.1. The number of para-hydroxylation sites is 2. The second kappa shape index (κ2) is 11.7. The number of fused-ring (bicyclic) bond motifs is 1. The first kappa shape index (κ1) is 23.8. The lowest BCUT2D eigenvalue weighted by molar-refractivity contribution is 0.0936. The van der Waals surface area contributed by atoms with Crippen LogP contribution >= 0.6 is 24.0 Å². The number of benzene rings is 2. The minimum absolute atomic E-state index is 0. The van der Waals surface area contributed by atoms with Gasteiger partial charge in [-0.05, 0) is 36.2 Å². The Bertz CT molecular complexity index is 1040. The van der Waals surface area contributed by atoms with E-state index in [-0.39, 0.29) is 30.1 Å². The number of guanidine groups is 1. The zero-order valence-electron chi connectivity index (χ0n) is 18.2. The van der Waals surface area contributed by atoms with Crippen molar-refractivity contribution in [2.45, 2.75) is 32.4 Å². The molecule has 0 spiro atoms. The number of aryl methyl sites for hydroxylation is 1. The number of rotatable bonds is 7. The Kier molecular flexibility index (Phi) is 8.72. The molecule has 1 atom stereocenters. The predicted molar refractivity (Wildman–Crippen MR) is 134 cm³/mol. The fourth-order valence-electron chi connectivity index (χ4n) is 3.29. The molecule has 0 saturated carbocycles. The van der Waals surface area contributed by atoms with E-state index < -0.39 is 0 Å².